The van der Waals surface area contributed by atoms with Crippen molar-refractivity contribution in [3.63, 3.8) is 0 Å². The van der Waals surface area contributed by atoms with Crippen LogP contribution in [0.4, 0.5) is 0 Å². The highest BCUT2D eigenvalue weighted by Crippen LogP contribution is 2.34. The van der Waals surface area contributed by atoms with Crippen molar-refractivity contribution in [3.8, 4) is 0 Å². The van der Waals surface area contributed by atoms with Crippen molar-refractivity contribution in [2.75, 3.05) is 0 Å². The number of Topliss-reactive ketones (excluding diaryl/α,β-unsaturated/α-hetero) is 1. The summed E-state index contributed by atoms with van der Waals surface area (Å²) in [4.78, 5) is 13.1. The van der Waals surface area contributed by atoms with E-state index in [-0.39, 0.29) is 5.92 Å². The quantitative estimate of drug-likeness (QED) is 0.725. The van der Waals surface area contributed by atoms with Crippen molar-refractivity contribution < 1.29 is 4.79 Å². The molecule has 16 heavy (non-hydrogen) atoms. The Bertz CT molecular complexity index is 364. The van der Waals surface area contributed by atoms with Crippen LogP contribution in [0, 0.1) is 11.8 Å². The van der Waals surface area contributed by atoms with E-state index >= 15 is 0 Å². The molecule has 0 radical (unpaired) electrons. The van der Waals surface area contributed by atoms with Crippen molar-refractivity contribution in [2.24, 2.45) is 11.8 Å². The lowest BCUT2D eigenvalue weighted by atomic mass is 9.79. The Hall–Kier alpha value is -0.150. The van der Waals surface area contributed by atoms with Crippen LogP contribution in [0.2, 0.25) is 0 Å². The van der Waals surface area contributed by atoms with E-state index in [9.17, 15) is 4.79 Å². The van der Waals surface area contributed by atoms with Gasteiger partial charge in [-0.3, -0.25) is 4.79 Å². The van der Waals surface area contributed by atoms with Gasteiger partial charge in [0.05, 0.1) is 8.66 Å². The Morgan fingerprint density at radius 1 is 1.38 bits per heavy atom. The van der Waals surface area contributed by atoms with Gasteiger partial charge < -0.3 is 0 Å². The van der Waals surface area contributed by atoms with Crippen LogP contribution in [0.3, 0.4) is 0 Å². The molecule has 1 fully saturated rings. The van der Waals surface area contributed by atoms with E-state index in [2.05, 4.69) is 22.9 Å². The highest BCUT2D eigenvalue weighted by atomic mass is 79.9. The minimum atomic E-state index is 0.286. The van der Waals surface area contributed by atoms with Gasteiger partial charge in [0, 0.05) is 5.92 Å². The molecule has 3 heteroatoms. The second kappa shape index (κ2) is 5.46. The summed E-state index contributed by atoms with van der Waals surface area (Å²) in [6.07, 6.45) is 5.92. The van der Waals surface area contributed by atoms with Crippen molar-refractivity contribution in [3.05, 3.63) is 20.8 Å². The second-order valence-corrected chi connectivity index (χ2v) is 7.06. The lowest BCUT2D eigenvalue weighted by molar-refractivity contribution is 0.0875. The van der Waals surface area contributed by atoms with Gasteiger partial charge in [-0.1, -0.05) is 13.3 Å². The Kier molecular flexibility index (Phi) is 4.20. The molecule has 0 saturated heterocycles. The van der Waals surface area contributed by atoms with Gasteiger partial charge in [0.25, 0.3) is 0 Å². The number of halogens is 1. The SMILES string of the molecule is CCC1CCC(C(=O)c2ccc(Br)s2)CC1. The predicted molar refractivity (Wildman–Crippen MR) is 72.1 cm³/mol. The Labute approximate surface area is 109 Å². The van der Waals surface area contributed by atoms with Crippen molar-refractivity contribution in [1.82, 2.24) is 0 Å². The average molecular weight is 301 g/mol. The number of hydrogen-bond donors (Lipinski definition) is 0. The van der Waals surface area contributed by atoms with Crippen LogP contribution < -0.4 is 0 Å². The lowest BCUT2D eigenvalue weighted by Crippen LogP contribution is -2.21. The van der Waals surface area contributed by atoms with Crippen LogP contribution in [0.25, 0.3) is 0 Å². The normalized spacial score (nSPS) is 25.6. The fraction of sp³-hybridized carbons (Fsp3) is 0.615. The molecule has 88 valence electrons. The van der Waals surface area contributed by atoms with Gasteiger partial charge in [0.15, 0.2) is 5.78 Å². The van der Waals surface area contributed by atoms with Gasteiger partial charge in [0.2, 0.25) is 0 Å². The first kappa shape index (κ1) is 12.3. The number of carbonyl (C=O) groups excluding carboxylic acids is 1. The van der Waals surface area contributed by atoms with Gasteiger partial charge in [-0.25, -0.2) is 0 Å². The summed E-state index contributed by atoms with van der Waals surface area (Å²) in [5.74, 6) is 1.51. The fourth-order valence-electron chi connectivity index (χ4n) is 2.48. The molecule has 0 unspecified atom stereocenters. The highest BCUT2D eigenvalue weighted by molar-refractivity contribution is 9.11. The van der Waals surface area contributed by atoms with Crippen LogP contribution >= 0.6 is 27.3 Å². The third-order valence-electron chi connectivity index (χ3n) is 3.61. The van der Waals surface area contributed by atoms with Gasteiger partial charge in [0.1, 0.15) is 0 Å². The zero-order valence-corrected chi connectivity index (χ0v) is 11.9. The summed E-state index contributed by atoms with van der Waals surface area (Å²) in [5, 5.41) is 0. The zero-order chi connectivity index (χ0) is 11.5. The molecule has 1 saturated carbocycles. The maximum absolute atomic E-state index is 12.2. The molecule has 0 spiro atoms. The molecule has 0 N–H and O–H groups in total. The molecular weight excluding hydrogens is 284 g/mol. The summed E-state index contributed by atoms with van der Waals surface area (Å²) in [6.45, 7) is 2.25. The van der Waals surface area contributed by atoms with Crippen molar-refractivity contribution >= 4 is 33.0 Å². The van der Waals surface area contributed by atoms with E-state index in [1.807, 2.05) is 12.1 Å². The molecule has 1 heterocycles. The molecule has 0 bridgehead atoms. The summed E-state index contributed by atoms with van der Waals surface area (Å²) >= 11 is 4.97. The Morgan fingerprint density at radius 2 is 2.06 bits per heavy atom. The van der Waals surface area contributed by atoms with E-state index in [1.54, 1.807) is 11.3 Å². The smallest absolute Gasteiger partial charge is 0.175 e. The van der Waals surface area contributed by atoms with Gasteiger partial charge >= 0.3 is 0 Å². The Balaban J connectivity index is 1.96. The summed E-state index contributed by atoms with van der Waals surface area (Å²) < 4.78 is 1.05. The van der Waals surface area contributed by atoms with Crippen LogP contribution in [-0.4, -0.2) is 5.78 Å². The van der Waals surface area contributed by atoms with E-state index in [4.69, 9.17) is 0 Å². The van der Waals surface area contributed by atoms with Gasteiger partial charge in [-0.2, -0.15) is 0 Å². The molecule has 1 nitrogen and oxygen atoms in total. The predicted octanol–water partition coefficient (Wildman–Crippen LogP) is 4.91. The Morgan fingerprint density at radius 3 is 2.56 bits per heavy atom. The van der Waals surface area contributed by atoms with Crippen LogP contribution in [-0.2, 0) is 0 Å². The highest BCUT2D eigenvalue weighted by Gasteiger charge is 2.26. The average Bonchev–Trinajstić information content (AvgIpc) is 2.75. The molecule has 0 aromatic carbocycles. The first-order chi connectivity index (χ1) is 7.70. The van der Waals surface area contributed by atoms with Crippen molar-refractivity contribution in [2.45, 2.75) is 39.0 Å². The zero-order valence-electron chi connectivity index (χ0n) is 9.54. The first-order valence-corrected chi connectivity index (χ1v) is 7.61. The minimum Gasteiger partial charge on any atom is -0.293 e. The third-order valence-corrected chi connectivity index (χ3v) is 5.25. The first-order valence-electron chi connectivity index (χ1n) is 6.00. The maximum atomic E-state index is 12.2. The topological polar surface area (TPSA) is 17.1 Å². The number of hydrogen-bond acceptors (Lipinski definition) is 2. The molecule has 1 aromatic heterocycles. The molecule has 1 aliphatic carbocycles. The van der Waals surface area contributed by atoms with Crippen LogP contribution in [0.15, 0.2) is 15.9 Å². The van der Waals surface area contributed by atoms with E-state index in [0.717, 1.165) is 27.4 Å². The molecular formula is C13H17BrOS. The molecule has 1 aliphatic rings. The van der Waals surface area contributed by atoms with E-state index in [1.165, 1.54) is 19.3 Å². The van der Waals surface area contributed by atoms with Crippen LogP contribution in [0.5, 0.6) is 0 Å². The standard InChI is InChI=1S/C13H17BrOS/c1-2-9-3-5-10(6-4-9)13(15)11-7-8-12(14)16-11/h7-10H,2-6H2,1H3. The molecule has 1 aromatic rings. The number of carbonyl (C=O) groups is 1. The number of thiophene rings is 1. The third kappa shape index (κ3) is 2.75. The van der Waals surface area contributed by atoms with E-state index < -0.39 is 0 Å². The largest absolute Gasteiger partial charge is 0.293 e. The molecule has 2 rings (SSSR count). The summed E-state index contributed by atoms with van der Waals surface area (Å²) in [6, 6.07) is 3.92. The van der Waals surface area contributed by atoms with E-state index in [0.29, 0.717) is 5.78 Å². The van der Waals surface area contributed by atoms with Crippen molar-refractivity contribution in [1.29, 1.82) is 0 Å². The molecule has 0 atom stereocenters. The van der Waals surface area contributed by atoms with Gasteiger partial charge in [-0.05, 0) is 59.7 Å². The molecule has 0 aliphatic heterocycles. The maximum Gasteiger partial charge on any atom is 0.175 e. The minimum absolute atomic E-state index is 0.286. The summed E-state index contributed by atoms with van der Waals surface area (Å²) in [7, 11) is 0. The number of rotatable bonds is 3. The summed E-state index contributed by atoms with van der Waals surface area (Å²) in [5.41, 5.74) is 0. The van der Waals surface area contributed by atoms with Gasteiger partial charge in [-0.15, -0.1) is 11.3 Å². The lowest BCUT2D eigenvalue weighted by Gasteiger charge is -2.26. The fourth-order valence-corrected chi connectivity index (χ4v) is 3.89. The number of ketones is 1. The second-order valence-electron chi connectivity index (χ2n) is 4.59. The van der Waals surface area contributed by atoms with Crippen LogP contribution in [0.1, 0.15) is 48.7 Å². The monoisotopic (exact) mass is 300 g/mol. The molecule has 0 amide bonds.